The third-order valence-corrected chi connectivity index (χ3v) is 6.44. The van der Waals surface area contributed by atoms with Crippen LogP contribution in [-0.4, -0.2) is 51.2 Å². The van der Waals surface area contributed by atoms with Crippen LogP contribution < -0.4 is 19.7 Å². The van der Waals surface area contributed by atoms with Crippen LogP contribution in [0.15, 0.2) is 29.2 Å². The van der Waals surface area contributed by atoms with Crippen molar-refractivity contribution in [1.29, 1.82) is 0 Å². The lowest BCUT2D eigenvalue weighted by atomic mass is 10.1. The second-order valence-electron chi connectivity index (χ2n) is 7.42. The number of anilines is 2. The smallest absolute Gasteiger partial charge is 0.240 e. The van der Waals surface area contributed by atoms with E-state index in [1.165, 1.54) is 19.3 Å². The highest BCUT2D eigenvalue weighted by molar-refractivity contribution is 7.89. The van der Waals surface area contributed by atoms with E-state index in [4.69, 9.17) is 4.74 Å². The number of aryl methyl sites for hydroxylation is 2. The van der Waals surface area contributed by atoms with Gasteiger partial charge in [0.05, 0.1) is 11.5 Å². The average molecular weight is 434 g/mol. The van der Waals surface area contributed by atoms with E-state index in [2.05, 4.69) is 24.9 Å². The maximum atomic E-state index is 12.6. The van der Waals surface area contributed by atoms with Gasteiger partial charge in [-0.05, 0) is 63.8 Å². The Kier molecular flexibility index (Phi) is 7.49. The van der Waals surface area contributed by atoms with Crippen LogP contribution in [0.25, 0.3) is 0 Å². The molecule has 0 amide bonds. The van der Waals surface area contributed by atoms with Gasteiger partial charge in [-0.25, -0.2) is 18.1 Å². The van der Waals surface area contributed by atoms with Crippen molar-refractivity contribution in [2.75, 3.05) is 43.0 Å². The molecule has 0 atom stereocenters. The van der Waals surface area contributed by atoms with Gasteiger partial charge in [0.2, 0.25) is 16.0 Å². The molecule has 1 saturated heterocycles. The van der Waals surface area contributed by atoms with Crippen molar-refractivity contribution >= 4 is 21.8 Å². The first-order chi connectivity index (χ1) is 14.4. The first kappa shape index (κ1) is 22.3. The molecular formula is C21H31N5O3S. The summed E-state index contributed by atoms with van der Waals surface area (Å²) >= 11 is 0. The number of nitrogens with zero attached hydrogens (tertiary/aromatic N) is 3. The van der Waals surface area contributed by atoms with Crippen molar-refractivity contribution in [3.8, 4) is 5.75 Å². The van der Waals surface area contributed by atoms with E-state index < -0.39 is 10.0 Å². The molecule has 1 aromatic carbocycles. The molecule has 164 valence electrons. The van der Waals surface area contributed by atoms with Crippen molar-refractivity contribution in [1.82, 2.24) is 14.7 Å². The zero-order valence-electron chi connectivity index (χ0n) is 17.9. The standard InChI is InChI=1S/C21H31N5O3S/c1-4-29-19-9-8-18(14-16(19)2)30(27,28)23-11-10-22-21-24-17(3)15-20(25-21)26-12-6-5-7-13-26/h8-9,14-15,23H,4-7,10-13H2,1-3H3,(H,22,24,25). The molecule has 0 bridgehead atoms. The summed E-state index contributed by atoms with van der Waals surface area (Å²) in [6.07, 6.45) is 3.62. The van der Waals surface area contributed by atoms with Crippen molar-refractivity contribution in [2.24, 2.45) is 0 Å². The molecule has 8 nitrogen and oxygen atoms in total. The van der Waals surface area contributed by atoms with Crippen LogP contribution in [0.1, 0.15) is 37.4 Å². The van der Waals surface area contributed by atoms with E-state index in [1.54, 1.807) is 18.2 Å². The fourth-order valence-electron chi connectivity index (χ4n) is 3.47. The van der Waals surface area contributed by atoms with Crippen molar-refractivity contribution in [3.63, 3.8) is 0 Å². The van der Waals surface area contributed by atoms with E-state index in [9.17, 15) is 8.42 Å². The SMILES string of the molecule is CCOc1ccc(S(=O)(=O)NCCNc2nc(C)cc(N3CCCCC3)n2)cc1C. The van der Waals surface area contributed by atoms with Crippen LogP contribution >= 0.6 is 0 Å². The molecule has 30 heavy (non-hydrogen) atoms. The summed E-state index contributed by atoms with van der Waals surface area (Å²) in [6.45, 7) is 8.85. The third kappa shape index (κ3) is 5.82. The minimum Gasteiger partial charge on any atom is -0.494 e. The summed E-state index contributed by atoms with van der Waals surface area (Å²) in [7, 11) is -3.60. The number of ether oxygens (including phenoxy) is 1. The van der Waals surface area contributed by atoms with Gasteiger partial charge in [0, 0.05) is 37.9 Å². The maximum Gasteiger partial charge on any atom is 0.240 e. The molecule has 2 N–H and O–H groups in total. The number of piperidine rings is 1. The van der Waals surface area contributed by atoms with Gasteiger partial charge < -0.3 is 15.0 Å². The Hall–Kier alpha value is -2.39. The number of benzene rings is 1. The molecule has 0 spiro atoms. The first-order valence-corrected chi connectivity index (χ1v) is 11.9. The average Bonchev–Trinajstić information content (AvgIpc) is 2.73. The van der Waals surface area contributed by atoms with Crippen LogP contribution in [-0.2, 0) is 10.0 Å². The lowest BCUT2D eigenvalue weighted by molar-refractivity contribution is 0.337. The zero-order chi connectivity index (χ0) is 21.6. The van der Waals surface area contributed by atoms with Gasteiger partial charge >= 0.3 is 0 Å². The Bertz CT molecular complexity index is 959. The summed E-state index contributed by atoms with van der Waals surface area (Å²) < 4.78 is 33.2. The molecule has 1 aliphatic heterocycles. The first-order valence-electron chi connectivity index (χ1n) is 10.5. The van der Waals surface area contributed by atoms with Crippen LogP contribution in [0.5, 0.6) is 5.75 Å². The Morgan fingerprint density at radius 3 is 2.53 bits per heavy atom. The monoisotopic (exact) mass is 433 g/mol. The highest BCUT2D eigenvalue weighted by Gasteiger charge is 2.16. The van der Waals surface area contributed by atoms with Crippen LogP contribution in [0.3, 0.4) is 0 Å². The van der Waals surface area contributed by atoms with E-state index in [1.807, 2.05) is 26.8 Å². The van der Waals surface area contributed by atoms with Crippen LogP contribution in [0.2, 0.25) is 0 Å². The molecule has 2 heterocycles. The molecule has 0 aliphatic carbocycles. The molecule has 1 fully saturated rings. The number of sulfonamides is 1. The van der Waals surface area contributed by atoms with Gasteiger partial charge in [0.1, 0.15) is 11.6 Å². The second-order valence-corrected chi connectivity index (χ2v) is 9.19. The Balaban J connectivity index is 1.56. The van der Waals surface area contributed by atoms with E-state index >= 15 is 0 Å². The molecule has 1 aliphatic rings. The lowest BCUT2D eigenvalue weighted by Gasteiger charge is -2.28. The van der Waals surface area contributed by atoms with Crippen molar-refractivity contribution < 1.29 is 13.2 Å². The summed E-state index contributed by atoms with van der Waals surface area (Å²) in [6, 6.07) is 6.86. The van der Waals surface area contributed by atoms with Gasteiger partial charge in [-0.1, -0.05) is 0 Å². The van der Waals surface area contributed by atoms with E-state index in [-0.39, 0.29) is 11.4 Å². The highest BCUT2D eigenvalue weighted by atomic mass is 32.2. The lowest BCUT2D eigenvalue weighted by Crippen LogP contribution is -2.31. The maximum absolute atomic E-state index is 12.6. The third-order valence-electron chi connectivity index (χ3n) is 4.98. The number of nitrogens with one attached hydrogen (secondary N) is 2. The molecular weight excluding hydrogens is 402 g/mol. The minimum atomic E-state index is -3.60. The zero-order valence-corrected chi connectivity index (χ0v) is 18.8. The molecule has 0 saturated carbocycles. The number of hydrogen-bond donors (Lipinski definition) is 2. The Labute approximate surface area is 179 Å². The van der Waals surface area contributed by atoms with Crippen molar-refractivity contribution in [2.45, 2.75) is 44.9 Å². The number of rotatable bonds is 9. The Morgan fingerprint density at radius 2 is 1.83 bits per heavy atom. The number of hydrogen-bond acceptors (Lipinski definition) is 7. The predicted octanol–water partition coefficient (Wildman–Crippen LogP) is 2.87. The Morgan fingerprint density at radius 1 is 1.07 bits per heavy atom. The topological polar surface area (TPSA) is 96.5 Å². The van der Waals surface area contributed by atoms with Gasteiger partial charge in [-0.15, -0.1) is 0 Å². The van der Waals surface area contributed by atoms with E-state index in [0.717, 1.165) is 30.2 Å². The largest absolute Gasteiger partial charge is 0.494 e. The second kappa shape index (κ2) is 10.1. The minimum absolute atomic E-state index is 0.225. The molecule has 9 heteroatoms. The van der Waals surface area contributed by atoms with Crippen LogP contribution in [0, 0.1) is 13.8 Å². The molecule has 3 rings (SSSR count). The molecule has 2 aromatic rings. The number of aromatic nitrogens is 2. The summed E-state index contributed by atoms with van der Waals surface area (Å²) in [5.74, 6) is 2.14. The fraction of sp³-hybridized carbons (Fsp3) is 0.524. The summed E-state index contributed by atoms with van der Waals surface area (Å²) in [5.41, 5.74) is 1.68. The van der Waals surface area contributed by atoms with E-state index in [0.29, 0.717) is 24.8 Å². The van der Waals surface area contributed by atoms with Gasteiger partial charge in [-0.2, -0.15) is 4.98 Å². The summed E-state index contributed by atoms with van der Waals surface area (Å²) in [4.78, 5) is 11.5. The highest BCUT2D eigenvalue weighted by Crippen LogP contribution is 2.22. The fourth-order valence-corrected chi connectivity index (χ4v) is 4.58. The summed E-state index contributed by atoms with van der Waals surface area (Å²) in [5, 5.41) is 3.13. The molecule has 0 unspecified atom stereocenters. The van der Waals surface area contributed by atoms with Crippen LogP contribution in [0.4, 0.5) is 11.8 Å². The van der Waals surface area contributed by atoms with Gasteiger partial charge in [0.25, 0.3) is 0 Å². The van der Waals surface area contributed by atoms with Gasteiger partial charge in [-0.3, -0.25) is 0 Å². The predicted molar refractivity (Wildman–Crippen MR) is 119 cm³/mol. The van der Waals surface area contributed by atoms with Gasteiger partial charge in [0.15, 0.2) is 0 Å². The molecule has 0 radical (unpaired) electrons. The quantitative estimate of drug-likeness (QED) is 0.587. The van der Waals surface area contributed by atoms with Crippen molar-refractivity contribution in [3.05, 3.63) is 35.5 Å². The molecule has 1 aromatic heterocycles. The normalized spacial score (nSPS) is 14.6.